The SMILES string of the molecule is Cc1cccc(C)c1NC(=O)CNC(=O)C(C)OC(=O)c1cc2c(s1)CCCCC2. The van der Waals surface area contributed by atoms with E-state index in [2.05, 4.69) is 10.6 Å². The highest BCUT2D eigenvalue weighted by Gasteiger charge is 2.22. The number of benzene rings is 1. The van der Waals surface area contributed by atoms with Crippen molar-refractivity contribution in [1.29, 1.82) is 0 Å². The van der Waals surface area contributed by atoms with E-state index < -0.39 is 18.0 Å². The minimum atomic E-state index is -0.979. The predicted octanol–water partition coefficient (Wildman–Crippen LogP) is 3.93. The fourth-order valence-electron chi connectivity index (χ4n) is 3.55. The van der Waals surface area contributed by atoms with Gasteiger partial charge >= 0.3 is 5.97 Å². The molecule has 2 N–H and O–H groups in total. The third-order valence-corrected chi connectivity index (χ3v) is 6.49. The summed E-state index contributed by atoms with van der Waals surface area (Å²) in [6.45, 7) is 5.14. The molecule has 0 spiro atoms. The topological polar surface area (TPSA) is 84.5 Å². The molecule has 1 aromatic carbocycles. The molecule has 30 heavy (non-hydrogen) atoms. The van der Waals surface area contributed by atoms with Gasteiger partial charge in [-0.25, -0.2) is 4.79 Å². The zero-order valence-electron chi connectivity index (χ0n) is 17.7. The Morgan fingerprint density at radius 3 is 2.53 bits per heavy atom. The van der Waals surface area contributed by atoms with Gasteiger partial charge in [0.15, 0.2) is 6.10 Å². The normalized spacial score (nSPS) is 14.2. The minimum absolute atomic E-state index is 0.193. The van der Waals surface area contributed by atoms with E-state index in [0.29, 0.717) is 4.88 Å². The Labute approximate surface area is 181 Å². The first-order valence-corrected chi connectivity index (χ1v) is 11.1. The second-order valence-electron chi connectivity index (χ2n) is 7.70. The number of fused-ring (bicyclic) bond motifs is 1. The van der Waals surface area contributed by atoms with E-state index in [1.54, 1.807) is 0 Å². The van der Waals surface area contributed by atoms with E-state index in [-0.39, 0.29) is 12.5 Å². The van der Waals surface area contributed by atoms with E-state index in [4.69, 9.17) is 4.74 Å². The van der Waals surface area contributed by atoms with Gasteiger partial charge in [-0.15, -0.1) is 11.3 Å². The highest BCUT2D eigenvalue weighted by atomic mass is 32.1. The second kappa shape index (κ2) is 9.89. The number of thiophene rings is 1. The maximum absolute atomic E-state index is 12.4. The number of carbonyl (C=O) groups is 3. The van der Waals surface area contributed by atoms with Gasteiger partial charge in [0.05, 0.1) is 6.54 Å². The van der Waals surface area contributed by atoms with E-state index in [1.807, 2.05) is 38.1 Å². The Kier molecular flexibility index (Phi) is 7.26. The molecule has 7 heteroatoms. The number of nitrogens with one attached hydrogen (secondary N) is 2. The number of esters is 1. The zero-order chi connectivity index (χ0) is 21.7. The molecule has 2 aromatic rings. The van der Waals surface area contributed by atoms with Crippen molar-refractivity contribution in [3.05, 3.63) is 50.7 Å². The molecule has 1 unspecified atom stereocenters. The van der Waals surface area contributed by atoms with E-state index >= 15 is 0 Å². The van der Waals surface area contributed by atoms with E-state index in [0.717, 1.165) is 42.5 Å². The van der Waals surface area contributed by atoms with Crippen molar-refractivity contribution in [3.8, 4) is 0 Å². The van der Waals surface area contributed by atoms with Crippen LogP contribution in [-0.4, -0.2) is 30.4 Å². The summed E-state index contributed by atoms with van der Waals surface area (Å²) in [4.78, 5) is 38.7. The molecular weight excluding hydrogens is 400 g/mol. The van der Waals surface area contributed by atoms with Crippen LogP contribution in [0.3, 0.4) is 0 Å². The van der Waals surface area contributed by atoms with Gasteiger partial charge in [0.2, 0.25) is 5.91 Å². The highest BCUT2D eigenvalue weighted by molar-refractivity contribution is 7.14. The van der Waals surface area contributed by atoms with Crippen LogP contribution >= 0.6 is 11.3 Å². The fraction of sp³-hybridized carbons (Fsp3) is 0.435. The van der Waals surface area contributed by atoms with Gasteiger partial charge in [-0.2, -0.15) is 0 Å². The molecule has 0 bridgehead atoms. The number of hydrogen-bond donors (Lipinski definition) is 2. The van der Waals surface area contributed by atoms with Gasteiger partial charge in [0.1, 0.15) is 4.88 Å². The largest absolute Gasteiger partial charge is 0.448 e. The summed E-state index contributed by atoms with van der Waals surface area (Å²) < 4.78 is 5.32. The van der Waals surface area contributed by atoms with Crippen LogP contribution in [0.25, 0.3) is 0 Å². The Bertz CT molecular complexity index is 907. The molecule has 1 atom stereocenters. The van der Waals surface area contributed by atoms with Gasteiger partial charge in [0.25, 0.3) is 5.91 Å². The molecule has 0 saturated heterocycles. The molecule has 0 aliphatic heterocycles. The third-order valence-electron chi connectivity index (χ3n) is 5.27. The summed E-state index contributed by atoms with van der Waals surface area (Å²) in [5.41, 5.74) is 3.87. The smallest absolute Gasteiger partial charge is 0.349 e. The van der Waals surface area contributed by atoms with Gasteiger partial charge < -0.3 is 15.4 Å². The minimum Gasteiger partial charge on any atom is -0.448 e. The summed E-state index contributed by atoms with van der Waals surface area (Å²) in [5.74, 6) is -1.32. The van der Waals surface area contributed by atoms with Crippen molar-refractivity contribution in [2.45, 2.75) is 59.0 Å². The molecular formula is C23H28N2O4S. The number of ether oxygens (including phenoxy) is 1. The number of amides is 2. The Hall–Kier alpha value is -2.67. The first-order valence-electron chi connectivity index (χ1n) is 10.3. The van der Waals surface area contributed by atoms with Crippen LogP contribution in [0.4, 0.5) is 5.69 Å². The van der Waals surface area contributed by atoms with Crippen LogP contribution in [0.1, 0.15) is 57.4 Å². The second-order valence-corrected chi connectivity index (χ2v) is 8.84. The molecule has 0 fully saturated rings. The van der Waals surface area contributed by atoms with E-state index in [1.165, 1.54) is 35.1 Å². The number of anilines is 1. The average molecular weight is 429 g/mol. The van der Waals surface area contributed by atoms with Crippen LogP contribution < -0.4 is 10.6 Å². The summed E-state index contributed by atoms with van der Waals surface area (Å²) in [6, 6.07) is 7.64. The first-order chi connectivity index (χ1) is 14.3. The van der Waals surface area contributed by atoms with Crippen molar-refractivity contribution >= 4 is 34.8 Å². The molecule has 1 heterocycles. The number of para-hydroxylation sites is 1. The number of hydrogen-bond acceptors (Lipinski definition) is 5. The molecule has 3 rings (SSSR count). The quantitative estimate of drug-likeness (QED) is 0.539. The van der Waals surface area contributed by atoms with Gasteiger partial charge in [0, 0.05) is 10.6 Å². The maximum Gasteiger partial charge on any atom is 0.349 e. The zero-order valence-corrected chi connectivity index (χ0v) is 18.5. The van der Waals surface area contributed by atoms with Crippen LogP contribution in [0.15, 0.2) is 24.3 Å². The van der Waals surface area contributed by atoms with Crippen molar-refractivity contribution in [3.63, 3.8) is 0 Å². The lowest BCUT2D eigenvalue weighted by Gasteiger charge is -2.14. The summed E-state index contributed by atoms with van der Waals surface area (Å²) in [5, 5.41) is 5.34. The fourth-order valence-corrected chi connectivity index (χ4v) is 4.68. The van der Waals surface area contributed by atoms with Crippen LogP contribution in [0, 0.1) is 13.8 Å². The summed E-state index contributed by atoms with van der Waals surface area (Å²) in [7, 11) is 0. The third kappa shape index (κ3) is 5.48. The van der Waals surface area contributed by atoms with Crippen molar-refractivity contribution in [2.75, 3.05) is 11.9 Å². The van der Waals surface area contributed by atoms with Gasteiger partial charge in [-0.1, -0.05) is 24.6 Å². The Balaban J connectivity index is 1.49. The average Bonchev–Trinajstić information content (AvgIpc) is 2.99. The molecule has 1 aromatic heterocycles. The summed E-state index contributed by atoms with van der Waals surface area (Å²) in [6.07, 6.45) is 4.51. The van der Waals surface area contributed by atoms with Crippen molar-refractivity contribution in [1.82, 2.24) is 5.32 Å². The van der Waals surface area contributed by atoms with Gasteiger partial charge in [-0.3, -0.25) is 9.59 Å². The van der Waals surface area contributed by atoms with E-state index in [9.17, 15) is 14.4 Å². The molecule has 0 radical (unpaired) electrons. The molecule has 1 aliphatic rings. The van der Waals surface area contributed by atoms with Crippen LogP contribution in [0.5, 0.6) is 0 Å². The Morgan fingerprint density at radius 1 is 1.10 bits per heavy atom. The van der Waals surface area contributed by atoms with Crippen LogP contribution in [0.2, 0.25) is 0 Å². The lowest BCUT2D eigenvalue weighted by molar-refractivity contribution is -0.130. The lowest BCUT2D eigenvalue weighted by atomic mass is 10.1. The molecule has 2 amide bonds. The van der Waals surface area contributed by atoms with Crippen molar-refractivity contribution in [2.24, 2.45) is 0 Å². The van der Waals surface area contributed by atoms with Gasteiger partial charge in [-0.05, 0) is 69.2 Å². The van der Waals surface area contributed by atoms with Crippen LogP contribution in [-0.2, 0) is 27.2 Å². The highest BCUT2D eigenvalue weighted by Crippen LogP contribution is 2.29. The molecule has 0 saturated carbocycles. The standard InChI is InChI=1S/C23H28N2O4S/c1-14-8-7-9-15(2)21(14)25-20(26)13-24-22(27)16(3)29-23(28)19-12-17-10-5-4-6-11-18(17)30-19/h7-9,12,16H,4-6,10-11,13H2,1-3H3,(H,24,27)(H,25,26). The monoisotopic (exact) mass is 428 g/mol. The maximum atomic E-state index is 12.4. The number of rotatable bonds is 6. The first kappa shape index (κ1) is 22.0. The summed E-state index contributed by atoms with van der Waals surface area (Å²) >= 11 is 1.46. The molecule has 6 nitrogen and oxygen atoms in total. The van der Waals surface area contributed by atoms with Crippen molar-refractivity contribution < 1.29 is 19.1 Å². The lowest BCUT2D eigenvalue weighted by Crippen LogP contribution is -2.40. The Morgan fingerprint density at radius 2 is 1.80 bits per heavy atom. The number of carbonyl (C=O) groups excluding carboxylic acids is 3. The molecule has 1 aliphatic carbocycles. The molecule has 160 valence electrons. The number of aryl methyl sites for hydroxylation is 4. The predicted molar refractivity (Wildman–Crippen MR) is 118 cm³/mol.